The van der Waals surface area contributed by atoms with E-state index in [9.17, 15) is 0 Å². The van der Waals surface area contributed by atoms with Gasteiger partial charge in [-0.25, -0.2) is 15.8 Å². The van der Waals surface area contributed by atoms with Crippen molar-refractivity contribution in [3.63, 3.8) is 0 Å². The van der Waals surface area contributed by atoms with Crippen LogP contribution in [0.25, 0.3) is 0 Å². The number of hydrogen-bond donors (Lipinski definition) is 3. The molecule has 0 spiro atoms. The average molecular weight is 251 g/mol. The summed E-state index contributed by atoms with van der Waals surface area (Å²) in [5.41, 5.74) is 3.49. The van der Waals surface area contributed by atoms with Gasteiger partial charge in [0.25, 0.3) is 0 Å². The maximum Gasteiger partial charge on any atom is 0.158 e. The Hall–Kier alpha value is -1.70. The van der Waals surface area contributed by atoms with Crippen LogP contribution in [0.2, 0.25) is 0 Å². The Morgan fingerprint density at radius 3 is 2.88 bits per heavy atom. The highest BCUT2D eigenvalue weighted by Gasteiger charge is 2.04. The van der Waals surface area contributed by atoms with Crippen molar-refractivity contribution in [1.82, 2.24) is 9.97 Å². The van der Waals surface area contributed by atoms with Crippen LogP contribution in [-0.2, 0) is 11.3 Å². The zero-order valence-corrected chi connectivity index (χ0v) is 10.1. The number of aromatic nitrogens is 2. The van der Waals surface area contributed by atoms with E-state index in [0.717, 1.165) is 5.69 Å². The number of nitrogen functional groups attached to an aromatic ring is 1. The third-order valence-corrected chi connectivity index (χ3v) is 2.67. The molecule has 2 aromatic heterocycles. The summed E-state index contributed by atoms with van der Waals surface area (Å²) in [6, 6.07) is 3.70. The SMILES string of the molecule is COCc1nc(NN)cc(Nc2ccsc2)n1. The number of nitrogens with two attached hydrogens (primary N) is 1. The van der Waals surface area contributed by atoms with Crippen molar-refractivity contribution in [3.8, 4) is 0 Å². The molecule has 0 aromatic carbocycles. The van der Waals surface area contributed by atoms with Crippen LogP contribution in [0.15, 0.2) is 22.9 Å². The number of anilines is 3. The molecule has 4 N–H and O–H groups in total. The van der Waals surface area contributed by atoms with Crippen LogP contribution in [0.1, 0.15) is 5.82 Å². The second kappa shape index (κ2) is 5.58. The monoisotopic (exact) mass is 251 g/mol. The van der Waals surface area contributed by atoms with E-state index in [0.29, 0.717) is 24.1 Å². The highest BCUT2D eigenvalue weighted by molar-refractivity contribution is 7.08. The predicted octanol–water partition coefficient (Wildman–Crippen LogP) is 1.71. The van der Waals surface area contributed by atoms with Gasteiger partial charge in [0.05, 0.1) is 5.69 Å². The van der Waals surface area contributed by atoms with Gasteiger partial charge in [0.15, 0.2) is 5.82 Å². The molecule has 90 valence electrons. The van der Waals surface area contributed by atoms with Crippen molar-refractivity contribution in [1.29, 1.82) is 0 Å². The van der Waals surface area contributed by atoms with Crippen LogP contribution in [0, 0.1) is 0 Å². The zero-order valence-electron chi connectivity index (χ0n) is 9.30. The fourth-order valence-electron chi connectivity index (χ4n) is 1.31. The first kappa shape index (κ1) is 11.8. The minimum absolute atomic E-state index is 0.341. The Morgan fingerprint density at radius 2 is 2.24 bits per heavy atom. The summed E-state index contributed by atoms with van der Waals surface area (Å²) in [4.78, 5) is 8.47. The van der Waals surface area contributed by atoms with Gasteiger partial charge < -0.3 is 15.5 Å². The highest BCUT2D eigenvalue weighted by Crippen LogP contribution is 2.19. The summed E-state index contributed by atoms with van der Waals surface area (Å²) in [7, 11) is 1.60. The van der Waals surface area contributed by atoms with Gasteiger partial charge in [-0.15, -0.1) is 0 Å². The predicted molar refractivity (Wildman–Crippen MR) is 68.2 cm³/mol. The molecular formula is C10H13N5OS. The van der Waals surface area contributed by atoms with Crippen molar-refractivity contribution in [3.05, 3.63) is 28.7 Å². The number of nitrogens with one attached hydrogen (secondary N) is 2. The number of thiophene rings is 1. The summed E-state index contributed by atoms with van der Waals surface area (Å²) >= 11 is 1.61. The summed E-state index contributed by atoms with van der Waals surface area (Å²) in [5.74, 6) is 7.15. The van der Waals surface area contributed by atoms with Gasteiger partial charge in [0.1, 0.15) is 18.2 Å². The quantitative estimate of drug-likeness (QED) is 0.554. The molecule has 0 aliphatic heterocycles. The molecule has 17 heavy (non-hydrogen) atoms. The van der Waals surface area contributed by atoms with E-state index in [1.165, 1.54) is 0 Å². The number of nitrogens with zero attached hydrogens (tertiary/aromatic N) is 2. The average Bonchev–Trinajstić information content (AvgIpc) is 2.82. The molecule has 0 saturated carbocycles. The normalized spacial score (nSPS) is 10.2. The minimum Gasteiger partial charge on any atom is -0.377 e. The molecule has 0 aliphatic carbocycles. The molecule has 0 atom stereocenters. The van der Waals surface area contributed by atoms with Crippen LogP contribution in [-0.4, -0.2) is 17.1 Å². The van der Waals surface area contributed by atoms with Gasteiger partial charge in [0, 0.05) is 18.6 Å². The van der Waals surface area contributed by atoms with E-state index in [-0.39, 0.29) is 0 Å². The van der Waals surface area contributed by atoms with Crippen LogP contribution < -0.4 is 16.6 Å². The summed E-state index contributed by atoms with van der Waals surface area (Å²) in [5, 5.41) is 7.15. The van der Waals surface area contributed by atoms with Crippen molar-refractivity contribution in [2.24, 2.45) is 5.84 Å². The Bertz CT molecular complexity index is 474. The van der Waals surface area contributed by atoms with Crippen molar-refractivity contribution in [2.45, 2.75) is 6.61 Å². The molecule has 2 aromatic rings. The first-order valence-corrected chi connectivity index (χ1v) is 5.89. The molecule has 0 aliphatic rings. The van der Waals surface area contributed by atoms with E-state index < -0.39 is 0 Å². The second-order valence-corrected chi connectivity index (χ2v) is 4.05. The molecule has 0 bridgehead atoms. The van der Waals surface area contributed by atoms with Gasteiger partial charge in [-0.05, 0) is 11.4 Å². The molecule has 0 fully saturated rings. The van der Waals surface area contributed by atoms with Crippen LogP contribution in [0.4, 0.5) is 17.3 Å². The largest absolute Gasteiger partial charge is 0.377 e. The molecule has 7 heteroatoms. The first-order valence-electron chi connectivity index (χ1n) is 4.94. The molecule has 2 heterocycles. The van der Waals surface area contributed by atoms with Gasteiger partial charge in [-0.2, -0.15) is 11.3 Å². The smallest absolute Gasteiger partial charge is 0.158 e. The third kappa shape index (κ3) is 3.13. The lowest BCUT2D eigenvalue weighted by Gasteiger charge is -2.08. The van der Waals surface area contributed by atoms with E-state index in [1.54, 1.807) is 24.5 Å². The number of ether oxygens (including phenoxy) is 1. The molecule has 0 unspecified atom stereocenters. The molecule has 6 nitrogen and oxygen atoms in total. The first-order chi connectivity index (χ1) is 8.31. The van der Waals surface area contributed by atoms with Crippen molar-refractivity contribution in [2.75, 3.05) is 17.9 Å². The van der Waals surface area contributed by atoms with Gasteiger partial charge >= 0.3 is 0 Å². The van der Waals surface area contributed by atoms with Gasteiger partial charge in [0.2, 0.25) is 0 Å². The maximum absolute atomic E-state index is 5.35. The minimum atomic E-state index is 0.341. The summed E-state index contributed by atoms with van der Waals surface area (Å²) in [6.45, 7) is 0.341. The highest BCUT2D eigenvalue weighted by atomic mass is 32.1. The van der Waals surface area contributed by atoms with Crippen LogP contribution in [0.3, 0.4) is 0 Å². The Morgan fingerprint density at radius 1 is 1.41 bits per heavy atom. The van der Waals surface area contributed by atoms with Gasteiger partial charge in [-0.3, -0.25) is 0 Å². The molecule has 0 radical (unpaired) electrons. The Labute approximate surface area is 103 Å². The third-order valence-electron chi connectivity index (χ3n) is 1.99. The Kier molecular flexibility index (Phi) is 3.86. The van der Waals surface area contributed by atoms with Crippen LogP contribution in [0.5, 0.6) is 0 Å². The van der Waals surface area contributed by atoms with E-state index >= 15 is 0 Å². The molecular weight excluding hydrogens is 238 g/mol. The topological polar surface area (TPSA) is 85.1 Å². The zero-order chi connectivity index (χ0) is 12.1. The lowest BCUT2D eigenvalue weighted by Crippen LogP contribution is -2.11. The summed E-state index contributed by atoms with van der Waals surface area (Å²) < 4.78 is 5.00. The van der Waals surface area contributed by atoms with E-state index in [4.69, 9.17) is 10.6 Å². The lowest BCUT2D eigenvalue weighted by molar-refractivity contribution is 0.178. The Balaban J connectivity index is 2.23. The lowest BCUT2D eigenvalue weighted by atomic mass is 10.4. The number of rotatable bonds is 5. The van der Waals surface area contributed by atoms with Crippen molar-refractivity contribution >= 4 is 28.7 Å². The van der Waals surface area contributed by atoms with E-state index in [2.05, 4.69) is 20.7 Å². The van der Waals surface area contributed by atoms with Crippen molar-refractivity contribution < 1.29 is 4.74 Å². The number of hydrazine groups is 1. The van der Waals surface area contributed by atoms with E-state index in [1.807, 2.05) is 16.8 Å². The van der Waals surface area contributed by atoms with Gasteiger partial charge in [-0.1, -0.05) is 0 Å². The number of methoxy groups -OCH3 is 1. The maximum atomic E-state index is 5.35. The fourth-order valence-corrected chi connectivity index (χ4v) is 1.90. The molecule has 0 amide bonds. The van der Waals surface area contributed by atoms with Crippen LogP contribution >= 0.6 is 11.3 Å². The standard InChI is InChI=1S/C10H13N5OS/c1-16-5-10-13-8(4-9(14-10)15-11)12-7-2-3-17-6-7/h2-4,6H,5,11H2,1H3,(H2,12,13,14,15). The number of hydrogen-bond acceptors (Lipinski definition) is 7. The second-order valence-electron chi connectivity index (χ2n) is 3.27. The molecule has 0 saturated heterocycles. The molecule has 2 rings (SSSR count). The fraction of sp³-hybridized carbons (Fsp3) is 0.200. The summed E-state index contributed by atoms with van der Waals surface area (Å²) in [6.07, 6.45) is 0.